The van der Waals surface area contributed by atoms with Crippen LogP contribution in [0.15, 0.2) is 18.2 Å². The number of nitrogens with two attached hydrogens (primary N) is 1. The number of hydrogen-bond donors (Lipinski definition) is 1. The fourth-order valence-corrected chi connectivity index (χ4v) is 2.55. The van der Waals surface area contributed by atoms with Crippen LogP contribution < -0.4 is 10.5 Å². The maximum absolute atomic E-state index is 12.9. The Bertz CT molecular complexity index is 434. The van der Waals surface area contributed by atoms with Crippen LogP contribution in [-0.2, 0) is 0 Å². The second kappa shape index (κ2) is 8.03. The molecule has 2 unspecified atom stereocenters. The van der Waals surface area contributed by atoms with Crippen LogP contribution in [0, 0.1) is 11.7 Å². The van der Waals surface area contributed by atoms with E-state index in [0.29, 0.717) is 29.3 Å². The topological polar surface area (TPSA) is 38.5 Å². The Balaban J connectivity index is 0.00000200. The van der Waals surface area contributed by atoms with Gasteiger partial charge in [0.1, 0.15) is 18.2 Å². The summed E-state index contributed by atoms with van der Waals surface area (Å²) >= 11 is 5.90. The van der Waals surface area contributed by atoms with Gasteiger partial charge in [-0.2, -0.15) is 0 Å². The molecule has 1 fully saturated rings. The van der Waals surface area contributed by atoms with E-state index in [1.807, 2.05) is 0 Å². The number of hydrogen-bond acceptors (Lipinski definition) is 3. The monoisotopic (exact) mass is 322 g/mol. The molecule has 6 heteroatoms. The number of nitrogens with zero attached hydrogens (tertiary/aromatic N) is 1. The van der Waals surface area contributed by atoms with Gasteiger partial charge in [-0.1, -0.05) is 18.5 Å². The van der Waals surface area contributed by atoms with E-state index in [1.165, 1.54) is 12.1 Å². The Morgan fingerprint density at radius 2 is 2.25 bits per heavy atom. The Kier molecular flexibility index (Phi) is 7.03. The Morgan fingerprint density at radius 1 is 1.50 bits per heavy atom. The van der Waals surface area contributed by atoms with E-state index in [2.05, 4.69) is 11.8 Å². The van der Waals surface area contributed by atoms with E-state index in [9.17, 15) is 4.39 Å². The second-order valence-corrected chi connectivity index (χ2v) is 5.56. The Labute approximate surface area is 130 Å². The maximum Gasteiger partial charge on any atom is 0.138 e. The SMILES string of the molecule is CC1CN(CCOc2ccc(F)cc2Cl)CCC1N.Cl. The molecule has 1 saturated heterocycles. The molecule has 114 valence electrons. The molecule has 0 spiro atoms. The third-order valence-electron chi connectivity index (χ3n) is 3.61. The lowest BCUT2D eigenvalue weighted by Gasteiger charge is -2.34. The number of halogens is 3. The first-order chi connectivity index (χ1) is 9.06. The third-order valence-corrected chi connectivity index (χ3v) is 3.91. The molecule has 2 rings (SSSR count). The molecule has 1 heterocycles. The van der Waals surface area contributed by atoms with Crippen molar-refractivity contribution in [3.05, 3.63) is 29.0 Å². The molecule has 20 heavy (non-hydrogen) atoms. The van der Waals surface area contributed by atoms with Gasteiger partial charge in [0, 0.05) is 19.1 Å². The van der Waals surface area contributed by atoms with E-state index in [0.717, 1.165) is 26.1 Å². The van der Waals surface area contributed by atoms with Crippen molar-refractivity contribution >= 4 is 24.0 Å². The number of rotatable bonds is 4. The quantitative estimate of drug-likeness (QED) is 0.926. The third kappa shape index (κ3) is 4.77. The predicted octanol–water partition coefficient (Wildman–Crippen LogP) is 2.95. The molecule has 2 N–H and O–H groups in total. The van der Waals surface area contributed by atoms with Crippen LogP contribution >= 0.6 is 24.0 Å². The molecule has 1 aliphatic heterocycles. The van der Waals surface area contributed by atoms with E-state index >= 15 is 0 Å². The molecule has 2 atom stereocenters. The predicted molar refractivity (Wildman–Crippen MR) is 82.3 cm³/mol. The summed E-state index contributed by atoms with van der Waals surface area (Å²) in [5, 5.41) is 0.314. The lowest BCUT2D eigenvalue weighted by atomic mass is 9.95. The summed E-state index contributed by atoms with van der Waals surface area (Å²) in [5.74, 6) is 0.698. The highest BCUT2D eigenvalue weighted by atomic mass is 35.5. The van der Waals surface area contributed by atoms with Gasteiger partial charge in [0.2, 0.25) is 0 Å². The summed E-state index contributed by atoms with van der Waals surface area (Å²) in [7, 11) is 0. The van der Waals surface area contributed by atoms with Crippen LogP contribution in [0.2, 0.25) is 5.02 Å². The van der Waals surface area contributed by atoms with Gasteiger partial charge in [0.15, 0.2) is 0 Å². The molecule has 0 aromatic heterocycles. The molecular weight excluding hydrogens is 302 g/mol. The standard InChI is InChI=1S/C14H20ClFN2O.ClH/c1-10-9-18(5-4-13(10)17)6-7-19-14-3-2-11(16)8-12(14)15;/h2-3,8,10,13H,4-7,9,17H2,1H3;1H. The second-order valence-electron chi connectivity index (χ2n) is 5.15. The first-order valence-corrected chi connectivity index (χ1v) is 7.00. The minimum Gasteiger partial charge on any atom is -0.491 e. The zero-order chi connectivity index (χ0) is 13.8. The molecule has 0 aliphatic carbocycles. The highest BCUT2D eigenvalue weighted by Crippen LogP contribution is 2.24. The highest BCUT2D eigenvalue weighted by molar-refractivity contribution is 6.32. The first-order valence-electron chi connectivity index (χ1n) is 6.62. The van der Waals surface area contributed by atoms with Gasteiger partial charge in [-0.3, -0.25) is 4.90 Å². The molecule has 0 saturated carbocycles. The molecule has 0 bridgehead atoms. The summed E-state index contributed by atoms with van der Waals surface area (Å²) in [6, 6.07) is 4.48. The van der Waals surface area contributed by atoms with Crippen molar-refractivity contribution in [3.63, 3.8) is 0 Å². The van der Waals surface area contributed by atoms with Crippen LogP contribution in [0.5, 0.6) is 5.75 Å². The minimum absolute atomic E-state index is 0. The van der Waals surface area contributed by atoms with Crippen LogP contribution in [0.3, 0.4) is 0 Å². The van der Waals surface area contributed by atoms with Crippen molar-refractivity contribution in [3.8, 4) is 5.75 Å². The molecule has 3 nitrogen and oxygen atoms in total. The van der Waals surface area contributed by atoms with Gasteiger partial charge in [0.25, 0.3) is 0 Å². The average Bonchev–Trinajstić information content (AvgIpc) is 2.36. The lowest BCUT2D eigenvalue weighted by molar-refractivity contribution is 0.140. The van der Waals surface area contributed by atoms with Crippen molar-refractivity contribution in [1.29, 1.82) is 0 Å². The van der Waals surface area contributed by atoms with Crippen LogP contribution in [0.4, 0.5) is 4.39 Å². The summed E-state index contributed by atoms with van der Waals surface area (Å²) in [4.78, 5) is 2.34. The van der Waals surface area contributed by atoms with E-state index in [1.54, 1.807) is 6.07 Å². The lowest BCUT2D eigenvalue weighted by Crippen LogP contribution is -2.46. The largest absolute Gasteiger partial charge is 0.491 e. The van der Waals surface area contributed by atoms with Crippen molar-refractivity contribution < 1.29 is 9.13 Å². The highest BCUT2D eigenvalue weighted by Gasteiger charge is 2.22. The summed E-state index contributed by atoms with van der Waals surface area (Å²) in [6.45, 7) is 5.57. The number of benzene rings is 1. The minimum atomic E-state index is -0.351. The van der Waals surface area contributed by atoms with E-state index in [-0.39, 0.29) is 18.2 Å². The van der Waals surface area contributed by atoms with Gasteiger partial charge >= 0.3 is 0 Å². The number of piperidine rings is 1. The van der Waals surface area contributed by atoms with Crippen molar-refractivity contribution in [1.82, 2.24) is 4.90 Å². The first kappa shape index (κ1) is 17.5. The summed E-state index contributed by atoms with van der Waals surface area (Å²) in [6.07, 6.45) is 1.03. The van der Waals surface area contributed by atoms with Gasteiger partial charge in [-0.25, -0.2) is 4.39 Å². The van der Waals surface area contributed by atoms with Crippen LogP contribution in [0.1, 0.15) is 13.3 Å². The molecule has 1 aromatic carbocycles. The molecule has 0 amide bonds. The number of likely N-dealkylation sites (tertiary alicyclic amines) is 1. The molecule has 1 aliphatic rings. The summed E-state index contributed by atoms with van der Waals surface area (Å²) in [5.41, 5.74) is 5.98. The van der Waals surface area contributed by atoms with Gasteiger partial charge in [0.05, 0.1) is 5.02 Å². The summed E-state index contributed by atoms with van der Waals surface area (Å²) < 4.78 is 18.5. The van der Waals surface area contributed by atoms with Gasteiger partial charge in [-0.05, 0) is 37.1 Å². The maximum atomic E-state index is 12.9. The van der Waals surface area contributed by atoms with Crippen molar-refractivity contribution in [2.75, 3.05) is 26.2 Å². The van der Waals surface area contributed by atoms with Crippen molar-refractivity contribution in [2.45, 2.75) is 19.4 Å². The van der Waals surface area contributed by atoms with E-state index < -0.39 is 0 Å². The van der Waals surface area contributed by atoms with E-state index in [4.69, 9.17) is 22.1 Å². The molecular formula is C14H21Cl2FN2O. The number of ether oxygens (including phenoxy) is 1. The average molecular weight is 323 g/mol. The fraction of sp³-hybridized carbons (Fsp3) is 0.571. The zero-order valence-corrected chi connectivity index (χ0v) is 13.1. The Morgan fingerprint density at radius 3 is 2.90 bits per heavy atom. The molecule has 1 aromatic rings. The fourth-order valence-electron chi connectivity index (χ4n) is 2.33. The van der Waals surface area contributed by atoms with Crippen LogP contribution in [-0.4, -0.2) is 37.2 Å². The normalized spacial score (nSPS) is 23.2. The van der Waals surface area contributed by atoms with Gasteiger partial charge < -0.3 is 10.5 Å². The zero-order valence-electron chi connectivity index (χ0n) is 11.5. The van der Waals surface area contributed by atoms with Crippen LogP contribution in [0.25, 0.3) is 0 Å². The van der Waals surface area contributed by atoms with Gasteiger partial charge in [-0.15, -0.1) is 12.4 Å². The smallest absolute Gasteiger partial charge is 0.138 e. The van der Waals surface area contributed by atoms with Crippen molar-refractivity contribution in [2.24, 2.45) is 11.7 Å². The molecule has 0 radical (unpaired) electrons. The Hall–Kier alpha value is -0.550.